The van der Waals surface area contributed by atoms with E-state index in [9.17, 15) is 5.26 Å². The summed E-state index contributed by atoms with van der Waals surface area (Å²) in [7, 11) is 0. The van der Waals surface area contributed by atoms with Crippen LogP contribution in [0.5, 0.6) is 0 Å². The van der Waals surface area contributed by atoms with Gasteiger partial charge in [0.1, 0.15) is 7.67 Å². The summed E-state index contributed by atoms with van der Waals surface area (Å²) in [6, 6.07) is 8.15. The molecule has 0 aliphatic carbocycles. The van der Waals surface area contributed by atoms with E-state index in [4.69, 9.17) is 12.2 Å². The van der Waals surface area contributed by atoms with Gasteiger partial charge in [0.05, 0.1) is 33.1 Å². The van der Waals surface area contributed by atoms with Crippen molar-refractivity contribution in [2.75, 3.05) is 0 Å². The van der Waals surface area contributed by atoms with Gasteiger partial charge in [-0.2, -0.15) is 5.26 Å². The van der Waals surface area contributed by atoms with E-state index >= 15 is 0 Å². The summed E-state index contributed by atoms with van der Waals surface area (Å²) >= 11 is 20.6. The topological polar surface area (TPSA) is 23.8 Å². The van der Waals surface area contributed by atoms with Crippen molar-refractivity contribution in [3.63, 3.8) is 0 Å². The predicted octanol–water partition coefficient (Wildman–Crippen LogP) is 8.33. The number of hydrogen-bond acceptors (Lipinski definition) is 10. The average molecular weight is 560 g/mol. The molecule has 0 unspecified atom stereocenters. The van der Waals surface area contributed by atoms with Gasteiger partial charge in [0.25, 0.3) is 0 Å². The smallest absolute Gasteiger partial charge is 0.110 e. The summed E-state index contributed by atoms with van der Waals surface area (Å²) in [5.41, 5.74) is 0.710. The van der Waals surface area contributed by atoms with Crippen LogP contribution in [0.2, 0.25) is 0 Å². The van der Waals surface area contributed by atoms with Crippen molar-refractivity contribution in [2.24, 2.45) is 0 Å². The Bertz CT molecular complexity index is 1220. The van der Waals surface area contributed by atoms with E-state index in [0.29, 0.717) is 16.1 Å². The number of hydrogen-bond donors (Lipinski definition) is 0. The molecule has 0 fully saturated rings. The number of nitrogens with zero attached hydrogens (tertiary/aromatic N) is 1. The first-order chi connectivity index (χ1) is 14.3. The van der Waals surface area contributed by atoms with Crippen molar-refractivity contribution in [3.05, 3.63) is 44.4 Å². The van der Waals surface area contributed by atoms with E-state index in [2.05, 4.69) is 33.8 Å². The molecule has 0 atom stereocenters. The summed E-state index contributed by atoms with van der Waals surface area (Å²) in [5, 5.41) is 10.3. The van der Waals surface area contributed by atoms with Gasteiger partial charge in [0.15, 0.2) is 0 Å². The average Bonchev–Trinajstić information content (AvgIpc) is 3.37. The zero-order valence-corrected chi connectivity index (χ0v) is 23.9. The highest BCUT2D eigenvalue weighted by molar-refractivity contribution is 8.46. The minimum absolute atomic E-state index is 0.575. The molecule has 2 aliphatic rings. The van der Waals surface area contributed by atoms with E-state index < -0.39 is 0 Å². The zero-order chi connectivity index (χ0) is 21.4. The molecule has 0 radical (unpaired) electrons. The van der Waals surface area contributed by atoms with Crippen molar-refractivity contribution >= 4 is 114 Å². The van der Waals surface area contributed by atoms with Crippen LogP contribution in [0.25, 0.3) is 8.47 Å². The van der Waals surface area contributed by atoms with E-state index in [1.54, 1.807) is 34.9 Å². The Labute approximate surface area is 215 Å². The van der Waals surface area contributed by atoms with E-state index in [1.165, 1.54) is 30.2 Å². The minimum Gasteiger partial charge on any atom is -0.192 e. The Morgan fingerprint density at radius 2 is 1.50 bits per heavy atom. The molecule has 0 bridgehead atoms. The standard InChI is InChI=1S/C20H17NS9/c1-9(2)23-17-18(24-10(3)4)30-20(29-17)19-27-14(15(22)28-19)16-25-12-6-5-11(8-21)7-13(12)26-16/h5-7,9-10H,1-4H3/b16-14-. The lowest BCUT2D eigenvalue weighted by Crippen LogP contribution is -1.96. The van der Waals surface area contributed by atoms with Gasteiger partial charge in [0, 0.05) is 20.3 Å². The highest BCUT2D eigenvalue weighted by Gasteiger charge is 2.26. The third-order valence-electron chi connectivity index (χ3n) is 3.62. The summed E-state index contributed by atoms with van der Waals surface area (Å²) in [6.07, 6.45) is 0. The summed E-state index contributed by atoms with van der Waals surface area (Å²) in [4.78, 5) is 2.38. The molecule has 1 aromatic carbocycles. The molecule has 3 heterocycles. The quantitative estimate of drug-likeness (QED) is 0.345. The van der Waals surface area contributed by atoms with Gasteiger partial charge in [-0.05, 0) is 18.2 Å². The van der Waals surface area contributed by atoms with Gasteiger partial charge in [-0.15, -0.1) is 46.2 Å². The van der Waals surface area contributed by atoms with Crippen LogP contribution in [0.3, 0.4) is 0 Å². The third kappa shape index (κ3) is 5.37. The molecule has 0 N–H and O–H groups in total. The SMILES string of the molecule is CC(C)SC1=C(SC(C)C)SC(=c2sc(=S)/c(=C3\Sc4ccc(C#N)cc4S3)s2)S1. The maximum atomic E-state index is 9.17. The lowest BCUT2D eigenvalue weighted by molar-refractivity contribution is 1.12. The lowest BCUT2D eigenvalue weighted by Gasteiger charge is -2.08. The van der Waals surface area contributed by atoms with Crippen molar-refractivity contribution in [1.29, 1.82) is 5.26 Å². The van der Waals surface area contributed by atoms with Crippen LogP contribution in [-0.4, -0.2) is 10.5 Å². The van der Waals surface area contributed by atoms with E-state index in [0.717, 1.165) is 8.72 Å². The highest BCUT2D eigenvalue weighted by Crippen LogP contribution is 2.59. The van der Waals surface area contributed by atoms with Gasteiger partial charge in [-0.25, -0.2) is 0 Å². The molecule has 10 heteroatoms. The van der Waals surface area contributed by atoms with Crippen LogP contribution < -0.4 is 8.38 Å². The Morgan fingerprint density at radius 1 is 0.867 bits per heavy atom. The van der Waals surface area contributed by atoms with Crippen molar-refractivity contribution < 1.29 is 0 Å². The Kier molecular flexibility index (Phi) is 8.08. The number of thioether (sulfide) groups is 6. The Morgan fingerprint density at radius 3 is 2.10 bits per heavy atom. The lowest BCUT2D eigenvalue weighted by atomic mass is 10.2. The number of rotatable bonds is 4. The number of fused-ring (bicyclic) bond motifs is 1. The van der Waals surface area contributed by atoms with Gasteiger partial charge in [-0.3, -0.25) is 0 Å². The van der Waals surface area contributed by atoms with Gasteiger partial charge >= 0.3 is 0 Å². The van der Waals surface area contributed by atoms with Crippen LogP contribution >= 0.6 is 105 Å². The third-order valence-corrected chi connectivity index (χ3v) is 15.4. The predicted molar refractivity (Wildman–Crippen MR) is 150 cm³/mol. The minimum atomic E-state index is 0.575. The van der Waals surface area contributed by atoms with Crippen LogP contribution in [0, 0.1) is 15.2 Å². The van der Waals surface area contributed by atoms with E-state index in [1.807, 2.05) is 76.6 Å². The van der Waals surface area contributed by atoms with Crippen LogP contribution in [0.15, 0.2) is 36.5 Å². The largest absolute Gasteiger partial charge is 0.192 e. The van der Waals surface area contributed by atoms with Gasteiger partial charge < -0.3 is 0 Å². The molecular formula is C20H17NS9. The van der Waals surface area contributed by atoms with Crippen molar-refractivity contribution in [1.82, 2.24) is 0 Å². The zero-order valence-electron chi connectivity index (χ0n) is 16.5. The summed E-state index contributed by atoms with van der Waals surface area (Å²) < 4.78 is 8.96. The summed E-state index contributed by atoms with van der Waals surface area (Å²) in [6.45, 7) is 9.03. The normalized spacial score (nSPS) is 18.0. The molecule has 0 saturated carbocycles. The second-order valence-electron chi connectivity index (χ2n) is 6.77. The molecule has 2 aliphatic heterocycles. The Balaban J connectivity index is 1.70. The maximum absolute atomic E-state index is 9.17. The first-order valence-corrected chi connectivity index (χ1v) is 16.1. The van der Waals surface area contributed by atoms with Gasteiger partial charge in [-0.1, -0.05) is 87.0 Å². The molecule has 0 spiro atoms. The summed E-state index contributed by atoms with van der Waals surface area (Å²) in [5.74, 6) is 0. The number of nitriles is 1. The monoisotopic (exact) mass is 559 g/mol. The Hall–Kier alpha value is 0.560. The molecule has 4 rings (SSSR count). The van der Waals surface area contributed by atoms with Crippen LogP contribution in [0.4, 0.5) is 0 Å². The molecule has 30 heavy (non-hydrogen) atoms. The fourth-order valence-electron chi connectivity index (χ4n) is 2.48. The molecular weight excluding hydrogens is 543 g/mol. The highest BCUT2D eigenvalue weighted by atomic mass is 32.3. The second kappa shape index (κ2) is 10.2. The molecule has 1 nitrogen and oxygen atoms in total. The number of benzene rings is 1. The first kappa shape index (κ1) is 23.7. The maximum Gasteiger partial charge on any atom is 0.110 e. The molecule has 156 valence electrons. The molecule has 2 aromatic rings. The fraction of sp³-hybridized carbons (Fsp3) is 0.300. The molecule has 1 aromatic heterocycles. The van der Waals surface area contributed by atoms with Crippen LogP contribution in [-0.2, 0) is 0 Å². The molecule has 0 saturated heterocycles. The second-order valence-corrected chi connectivity index (χ2v) is 18.1. The van der Waals surface area contributed by atoms with Gasteiger partial charge in [0.2, 0.25) is 0 Å². The van der Waals surface area contributed by atoms with Crippen LogP contribution in [0.1, 0.15) is 33.3 Å². The fourth-order valence-corrected chi connectivity index (χ4v) is 14.9. The molecule has 0 amide bonds. The first-order valence-electron chi connectivity index (χ1n) is 9.05. The van der Waals surface area contributed by atoms with Crippen molar-refractivity contribution in [3.8, 4) is 6.07 Å². The van der Waals surface area contributed by atoms with E-state index in [-0.39, 0.29) is 0 Å². The van der Waals surface area contributed by atoms with Crippen molar-refractivity contribution in [2.45, 2.75) is 48.0 Å².